The van der Waals surface area contributed by atoms with Crippen LogP contribution in [0.15, 0.2) is 36.5 Å². The van der Waals surface area contributed by atoms with Crippen molar-refractivity contribution in [1.29, 1.82) is 0 Å². The summed E-state index contributed by atoms with van der Waals surface area (Å²) in [6.45, 7) is 4.11. The number of rotatable bonds is 39. The van der Waals surface area contributed by atoms with Crippen molar-refractivity contribution in [2.45, 2.75) is 225 Å². The second kappa shape index (κ2) is 41.5. The Kier molecular flexibility index (Phi) is 40.0. The van der Waals surface area contributed by atoms with E-state index in [1.165, 1.54) is 141 Å². The lowest BCUT2D eigenvalue weighted by molar-refractivity contribution is -0.161. The normalized spacial score (nSPS) is 12.5. The van der Waals surface area contributed by atoms with Gasteiger partial charge in [0, 0.05) is 12.8 Å². The van der Waals surface area contributed by atoms with Crippen LogP contribution in [0.5, 0.6) is 0 Å². The van der Waals surface area contributed by atoms with Gasteiger partial charge in [0.1, 0.15) is 6.61 Å². The molecule has 0 rings (SSSR count). The zero-order valence-corrected chi connectivity index (χ0v) is 33.2. The minimum absolute atomic E-state index is 0.0692. The topological polar surface area (TPSA) is 72.8 Å². The number of unbranched alkanes of at least 4 members (excludes halogenated alkanes) is 25. The van der Waals surface area contributed by atoms with Gasteiger partial charge in [-0.1, -0.05) is 172 Å². The van der Waals surface area contributed by atoms with Crippen molar-refractivity contribution in [2.75, 3.05) is 13.2 Å². The molecule has 0 saturated heterocycles. The Morgan fingerprint density at radius 1 is 0.460 bits per heavy atom. The van der Waals surface area contributed by atoms with Crippen molar-refractivity contribution in [3.05, 3.63) is 36.5 Å². The van der Waals surface area contributed by atoms with Crippen molar-refractivity contribution < 1.29 is 24.2 Å². The van der Waals surface area contributed by atoms with E-state index in [-0.39, 0.29) is 25.2 Å². The Hall–Kier alpha value is -1.88. The molecule has 0 bridgehead atoms. The summed E-state index contributed by atoms with van der Waals surface area (Å²) in [5.74, 6) is -0.597. The first-order chi connectivity index (χ1) is 24.6. The van der Waals surface area contributed by atoms with Gasteiger partial charge in [-0.2, -0.15) is 0 Å². The molecule has 292 valence electrons. The minimum atomic E-state index is -0.774. The van der Waals surface area contributed by atoms with Gasteiger partial charge in [-0.3, -0.25) is 9.59 Å². The lowest BCUT2D eigenvalue weighted by atomic mass is 10.1. The maximum Gasteiger partial charge on any atom is 0.306 e. The van der Waals surface area contributed by atoms with Crippen LogP contribution in [0.4, 0.5) is 0 Å². The van der Waals surface area contributed by atoms with Crippen LogP contribution in [0.2, 0.25) is 0 Å². The van der Waals surface area contributed by atoms with Gasteiger partial charge in [-0.05, 0) is 70.6 Å². The van der Waals surface area contributed by atoms with Crippen LogP contribution in [-0.4, -0.2) is 36.4 Å². The van der Waals surface area contributed by atoms with Crippen molar-refractivity contribution in [3.8, 4) is 0 Å². The molecule has 50 heavy (non-hydrogen) atoms. The Bertz CT molecular complexity index is 801. The monoisotopic (exact) mass is 703 g/mol. The zero-order valence-electron chi connectivity index (χ0n) is 33.2. The lowest BCUT2D eigenvalue weighted by Crippen LogP contribution is -2.28. The van der Waals surface area contributed by atoms with Crippen molar-refractivity contribution in [1.82, 2.24) is 0 Å². The maximum atomic E-state index is 12.2. The molecule has 0 aliphatic carbocycles. The fourth-order valence-corrected chi connectivity index (χ4v) is 6.11. The third kappa shape index (κ3) is 38.9. The van der Waals surface area contributed by atoms with E-state index in [9.17, 15) is 14.7 Å². The zero-order chi connectivity index (χ0) is 36.4. The van der Waals surface area contributed by atoms with Crippen LogP contribution < -0.4 is 0 Å². The van der Waals surface area contributed by atoms with Crippen molar-refractivity contribution >= 4 is 11.9 Å². The molecular weight excluding hydrogens is 620 g/mol. The maximum absolute atomic E-state index is 12.2. The molecule has 0 spiro atoms. The standard InChI is InChI=1S/C45H82O5/c1-3-5-7-9-11-13-15-17-19-21-22-24-26-28-30-32-34-36-38-40-45(48)50-43(41-46)42-49-44(47)39-37-35-33-31-29-27-25-23-20-18-16-14-12-10-8-6-4-2/h12,14,17-20,43,46H,3-11,13,15-16,21-42H2,1-2H3/t43-/m0/s1. The minimum Gasteiger partial charge on any atom is -0.462 e. The Morgan fingerprint density at radius 2 is 0.800 bits per heavy atom. The molecular formula is C45H82O5. The first-order valence-electron chi connectivity index (χ1n) is 21.5. The molecule has 5 heteroatoms. The van der Waals surface area contributed by atoms with Gasteiger partial charge in [-0.25, -0.2) is 0 Å². The van der Waals surface area contributed by atoms with Gasteiger partial charge in [-0.15, -0.1) is 0 Å². The van der Waals surface area contributed by atoms with Crippen molar-refractivity contribution in [3.63, 3.8) is 0 Å². The predicted octanol–water partition coefficient (Wildman–Crippen LogP) is 13.6. The first kappa shape index (κ1) is 48.1. The van der Waals surface area contributed by atoms with Crippen LogP contribution >= 0.6 is 0 Å². The quantitative estimate of drug-likeness (QED) is 0.0392. The number of esters is 2. The van der Waals surface area contributed by atoms with Crippen LogP contribution in [0.1, 0.15) is 219 Å². The van der Waals surface area contributed by atoms with E-state index in [0.717, 1.165) is 51.4 Å². The van der Waals surface area contributed by atoms with E-state index in [1.807, 2.05) is 0 Å². The van der Waals surface area contributed by atoms with E-state index in [4.69, 9.17) is 9.47 Å². The van der Waals surface area contributed by atoms with E-state index < -0.39 is 6.10 Å². The molecule has 1 atom stereocenters. The highest BCUT2D eigenvalue weighted by Gasteiger charge is 2.16. The average Bonchev–Trinajstić information content (AvgIpc) is 3.12. The number of carbonyl (C=O) groups is 2. The molecule has 0 aromatic rings. The Labute approximate surface area is 310 Å². The molecule has 0 unspecified atom stereocenters. The van der Waals surface area contributed by atoms with Gasteiger partial charge < -0.3 is 14.6 Å². The van der Waals surface area contributed by atoms with Gasteiger partial charge in [0.15, 0.2) is 6.10 Å². The van der Waals surface area contributed by atoms with Crippen LogP contribution in [0.25, 0.3) is 0 Å². The van der Waals surface area contributed by atoms with Gasteiger partial charge >= 0.3 is 11.9 Å². The van der Waals surface area contributed by atoms with E-state index in [2.05, 4.69) is 50.3 Å². The summed E-state index contributed by atoms with van der Waals surface area (Å²) < 4.78 is 10.6. The largest absolute Gasteiger partial charge is 0.462 e. The number of ether oxygens (including phenoxy) is 2. The fraction of sp³-hybridized carbons (Fsp3) is 0.822. The number of hydrogen-bond donors (Lipinski definition) is 1. The summed E-state index contributed by atoms with van der Waals surface area (Å²) in [7, 11) is 0. The third-order valence-electron chi connectivity index (χ3n) is 9.41. The molecule has 0 amide bonds. The average molecular weight is 703 g/mol. The molecule has 0 aromatic heterocycles. The first-order valence-corrected chi connectivity index (χ1v) is 21.5. The molecule has 0 fully saturated rings. The SMILES string of the molecule is CCCCCC=CCC=CCCCCCCCCCC(=O)OC[C@H](CO)OC(=O)CCCCCCCCCCCC=CCCCCCCCC. The highest BCUT2D eigenvalue weighted by atomic mass is 16.6. The molecule has 0 saturated carbocycles. The van der Waals surface area contributed by atoms with E-state index >= 15 is 0 Å². The number of hydrogen-bond acceptors (Lipinski definition) is 5. The number of aliphatic hydroxyl groups excluding tert-OH is 1. The van der Waals surface area contributed by atoms with Gasteiger partial charge in [0.2, 0.25) is 0 Å². The van der Waals surface area contributed by atoms with E-state index in [0.29, 0.717) is 12.8 Å². The fourth-order valence-electron chi connectivity index (χ4n) is 6.11. The Balaban J connectivity index is 3.54. The smallest absolute Gasteiger partial charge is 0.306 e. The predicted molar refractivity (Wildman–Crippen MR) is 214 cm³/mol. The van der Waals surface area contributed by atoms with Crippen LogP contribution in [-0.2, 0) is 19.1 Å². The van der Waals surface area contributed by atoms with Gasteiger partial charge in [0.05, 0.1) is 6.61 Å². The summed E-state index contributed by atoms with van der Waals surface area (Å²) in [4.78, 5) is 24.3. The number of carbonyl (C=O) groups excluding carboxylic acids is 2. The Morgan fingerprint density at radius 3 is 1.24 bits per heavy atom. The van der Waals surface area contributed by atoms with Crippen molar-refractivity contribution in [2.24, 2.45) is 0 Å². The molecule has 5 nitrogen and oxygen atoms in total. The molecule has 0 aliphatic rings. The second-order valence-corrected chi connectivity index (χ2v) is 14.4. The summed E-state index contributed by atoms with van der Waals surface area (Å²) in [6.07, 6.45) is 50.6. The highest BCUT2D eigenvalue weighted by molar-refractivity contribution is 5.70. The summed E-state index contributed by atoms with van der Waals surface area (Å²) in [5, 5.41) is 9.58. The lowest BCUT2D eigenvalue weighted by Gasteiger charge is -2.15. The van der Waals surface area contributed by atoms with Crippen LogP contribution in [0.3, 0.4) is 0 Å². The molecule has 1 N–H and O–H groups in total. The van der Waals surface area contributed by atoms with Gasteiger partial charge in [0.25, 0.3) is 0 Å². The van der Waals surface area contributed by atoms with Crippen LogP contribution in [0, 0.1) is 0 Å². The van der Waals surface area contributed by atoms with E-state index in [1.54, 1.807) is 0 Å². The second-order valence-electron chi connectivity index (χ2n) is 14.4. The molecule has 0 aliphatic heterocycles. The molecule has 0 heterocycles. The highest BCUT2D eigenvalue weighted by Crippen LogP contribution is 2.14. The third-order valence-corrected chi connectivity index (χ3v) is 9.41. The summed E-state index contributed by atoms with van der Waals surface area (Å²) in [6, 6.07) is 0. The molecule has 0 radical (unpaired) electrons. The number of aliphatic hydroxyl groups is 1. The number of allylic oxidation sites excluding steroid dienone is 6. The summed E-state index contributed by atoms with van der Waals surface area (Å²) in [5.41, 5.74) is 0. The summed E-state index contributed by atoms with van der Waals surface area (Å²) >= 11 is 0. The molecule has 0 aromatic carbocycles.